The zero-order valence-corrected chi connectivity index (χ0v) is 20.1. The Morgan fingerprint density at radius 2 is 2.00 bits per heavy atom. The van der Waals surface area contributed by atoms with Gasteiger partial charge in [-0.1, -0.05) is 24.6 Å². The van der Waals surface area contributed by atoms with Crippen molar-refractivity contribution in [3.8, 4) is 17.4 Å². The number of halogens is 1. The molecule has 0 radical (unpaired) electrons. The Kier molecular flexibility index (Phi) is 7.79. The third-order valence-corrected chi connectivity index (χ3v) is 7.13. The summed E-state index contributed by atoms with van der Waals surface area (Å²) in [6.07, 6.45) is 4.48. The zero-order valence-electron chi connectivity index (χ0n) is 18.5. The zero-order chi connectivity index (χ0) is 24.9. The van der Waals surface area contributed by atoms with E-state index in [0.717, 1.165) is 12.5 Å². The molecule has 3 N–H and O–H groups in total. The Labute approximate surface area is 201 Å². The topological polar surface area (TPSA) is 169 Å². The lowest BCUT2D eigenvalue weighted by molar-refractivity contribution is 0.398. The van der Waals surface area contributed by atoms with Crippen LogP contribution in [0.25, 0.3) is 11.5 Å². The van der Waals surface area contributed by atoms with Crippen molar-refractivity contribution in [3.63, 3.8) is 0 Å². The third-order valence-electron chi connectivity index (χ3n) is 5.08. The van der Waals surface area contributed by atoms with Crippen molar-refractivity contribution in [2.75, 3.05) is 11.8 Å². The van der Waals surface area contributed by atoms with E-state index in [-0.39, 0.29) is 23.9 Å². The summed E-state index contributed by atoms with van der Waals surface area (Å²) < 4.78 is 35.4. The van der Waals surface area contributed by atoms with E-state index >= 15 is 0 Å². The first-order valence-electron chi connectivity index (χ1n) is 9.97. The molecule has 3 rings (SSSR count). The normalized spacial score (nSPS) is 13.8. The average molecular weight is 507 g/mol. The molecule has 0 aromatic carbocycles. The van der Waals surface area contributed by atoms with Gasteiger partial charge < -0.3 is 15.3 Å². The Bertz CT molecular complexity index is 1290. The number of hydrogen-bond donors (Lipinski definition) is 3. The fraction of sp³-hybridized carbons (Fsp3) is 0.300. The lowest BCUT2D eigenvalue weighted by Crippen LogP contribution is -2.31. The lowest BCUT2D eigenvalue weighted by Gasteiger charge is -2.20. The number of sulfonamides is 1. The predicted octanol–water partition coefficient (Wildman–Crippen LogP) is 2.82. The highest BCUT2D eigenvalue weighted by atomic mass is 35.5. The number of methoxy groups -OCH3 is 1. The second-order valence-electron chi connectivity index (χ2n) is 7.25. The number of anilines is 1. The Balaban J connectivity index is 1.98. The molecule has 3 aromatic rings. The summed E-state index contributed by atoms with van der Waals surface area (Å²) in [5.74, 6) is 0.167. The van der Waals surface area contributed by atoms with E-state index in [9.17, 15) is 13.5 Å². The molecule has 0 saturated carbocycles. The van der Waals surface area contributed by atoms with Crippen LogP contribution >= 0.6 is 11.6 Å². The molecule has 0 saturated heterocycles. The Morgan fingerprint density at radius 1 is 1.29 bits per heavy atom. The number of nitrogens with one attached hydrogen (secondary N) is 2. The van der Waals surface area contributed by atoms with Gasteiger partial charge in [-0.2, -0.15) is 0 Å². The smallest absolute Gasteiger partial charge is 0.238 e. The lowest BCUT2D eigenvalue weighted by atomic mass is 10.1. The van der Waals surface area contributed by atoms with Gasteiger partial charge in [0.15, 0.2) is 5.82 Å². The number of aliphatic hydroxyl groups excluding tert-OH is 1. The van der Waals surface area contributed by atoms with Crippen LogP contribution in [0, 0.1) is 5.41 Å². The van der Waals surface area contributed by atoms with Crippen LogP contribution in [-0.4, -0.2) is 61.8 Å². The SMILES string of the molecule is COc1cccc(-c2nnc(NS(=O)(=O)[C@@H](C)[C@H](C)c3ncc(Cl)cn3)n2C/C(C=N)=C/O)n1. The maximum atomic E-state index is 13.2. The molecule has 0 aliphatic rings. The highest BCUT2D eigenvalue weighted by molar-refractivity contribution is 7.93. The van der Waals surface area contributed by atoms with E-state index in [1.807, 2.05) is 0 Å². The van der Waals surface area contributed by atoms with E-state index in [4.69, 9.17) is 21.7 Å². The van der Waals surface area contributed by atoms with Crippen LogP contribution < -0.4 is 9.46 Å². The summed E-state index contributed by atoms with van der Waals surface area (Å²) in [5, 5.41) is 24.4. The molecule has 0 fully saturated rings. The van der Waals surface area contributed by atoms with Crippen LogP contribution in [0.4, 0.5) is 5.95 Å². The van der Waals surface area contributed by atoms with E-state index in [1.165, 1.54) is 31.0 Å². The number of rotatable bonds is 10. The third kappa shape index (κ3) is 5.48. The number of aromatic nitrogens is 6. The molecule has 14 heteroatoms. The predicted molar refractivity (Wildman–Crippen MR) is 127 cm³/mol. The summed E-state index contributed by atoms with van der Waals surface area (Å²) in [4.78, 5) is 12.5. The number of allylic oxidation sites excluding steroid dienone is 1. The minimum Gasteiger partial charge on any atom is -0.515 e. The molecular formula is C20H23ClN8O4S. The van der Waals surface area contributed by atoms with Crippen LogP contribution in [0.5, 0.6) is 5.88 Å². The fourth-order valence-electron chi connectivity index (χ4n) is 2.93. The summed E-state index contributed by atoms with van der Waals surface area (Å²) in [7, 11) is -2.53. The van der Waals surface area contributed by atoms with E-state index in [1.54, 1.807) is 25.1 Å². The van der Waals surface area contributed by atoms with Crippen LogP contribution in [0.2, 0.25) is 5.02 Å². The van der Waals surface area contributed by atoms with Crippen LogP contribution in [0.15, 0.2) is 42.4 Å². The van der Waals surface area contributed by atoms with Crippen molar-refractivity contribution in [2.45, 2.75) is 31.6 Å². The molecule has 2 atom stereocenters. The molecule has 0 unspecified atom stereocenters. The minimum atomic E-state index is -3.99. The van der Waals surface area contributed by atoms with Gasteiger partial charge in [0, 0.05) is 36.2 Å². The fourth-order valence-corrected chi connectivity index (χ4v) is 4.28. The first kappa shape index (κ1) is 25.1. The molecule has 12 nitrogen and oxygen atoms in total. The Morgan fingerprint density at radius 3 is 2.62 bits per heavy atom. The Hall–Kier alpha value is -3.58. The molecule has 0 amide bonds. The van der Waals surface area contributed by atoms with Gasteiger partial charge in [-0.05, 0) is 13.0 Å². The van der Waals surface area contributed by atoms with Crippen molar-refractivity contribution >= 4 is 33.8 Å². The molecule has 3 aromatic heterocycles. The molecule has 0 aliphatic heterocycles. The first-order chi connectivity index (χ1) is 16.2. The van der Waals surface area contributed by atoms with Crippen molar-refractivity contribution < 1.29 is 18.3 Å². The summed E-state index contributed by atoms with van der Waals surface area (Å²) in [6, 6.07) is 4.99. The highest BCUT2D eigenvalue weighted by Crippen LogP contribution is 2.26. The number of pyridine rings is 1. The number of nitrogens with zero attached hydrogens (tertiary/aromatic N) is 6. The highest BCUT2D eigenvalue weighted by Gasteiger charge is 2.31. The van der Waals surface area contributed by atoms with Crippen LogP contribution in [-0.2, 0) is 16.6 Å². The van der Waals surface area contributed by atoms with E-state index in [2.05, 4.69) is 29.9 Å². The summed E-state index contributed by atoms with van der Waals surface area (Å²) in [5.41, 5.74) is 0.538. The maximum absolute atomic E-state index is 13.2. The van der Waals surface area contributed by atoms with Crippen molar-refractivity contribution in [3.05, 3.63) is 53.3 Å². The van der Waals surface area contributed by atoms with Crippen LogP contribution in [0.3, 0.4) is 0 Å². The quantitative estimate of drug-likeness (QED) is 0.276. The molecule has 3 heterocycles. The van der Waals surface area contributed by atoms with Crippen molar-refractivity contribution in [1.29, 1.82) is 5.41 Å². The molecule has 34 heavy (non-hydrogen) atoms. The first-order valence-corrected chi connectivity index (χ1v) is 11.9. The molecule has 0 aliphatic carbocycles. The van der Waals surface area contributed by atoms with E-state index < -0.39 is 21.2 Å². The molecule has 0 bridgehead atoms. The van der Waals surface area contributed by atoms with Crippen molar-refractivity contribution in [2.24, 2.45) is 0 Å². The molecule has 0 spiro atoms. The molecule has 180 valence electrons. The van der Waals surface area contributed by atoms with Gasteiger partial charge in [0.2, 0.25) is 21.9 Å². The van der Waals surface area contributed by atoms with Crippen LogP contribution in [0.1, 0.15) is 25.6 Å². The standard InChI is InChI=1S/C20H23ClN8O4S/c1-12(18-23-8-15(21)9-24-18)13(2)34(31,32)28-20-27-26-19(29(20)10-14(7-22)11-30)16-5-4-6-17(25-16)33-3/h4-9,11-13,22,30H,10H2,1-3H3,(H,27,28)/b14-11+,22-7?/t12-,13-/m0/s1. The van der Waals surface area contributed by atoms with Crippen molar-refractivity contribution in [1.82, 2.24) is 29.7 Å². The van der Waals surface area contributed by atoms with Gasteiger partial charge in [-0.3, -0.25) is 9.29 Å². The summed E-state index contributed by atoms with van der Waals surface area (Å²) in [6.45, 7) is 3.11. The molecular weight excluding hydrogens is 484 g/mol. The minimum absolute atomic E-state index is 0.0939. The van der Waals surface area contributed by atoms with Gasteiger partial charge in [0.25, 0.3) is 0 Å². The van der Waals surface area contributed by atoms with Gasteiger partial charge >= 0.3 is 0 Å². The monoisotopic (exact) mass is 506 g/mol. The second-order valence-corrected chi connectivity index (χ2v) is 9.72. The maximum Gasteiger partial charge on any atom is 0.238 e. The number of ether oxygens (including phenoxy) is 1. The van der Waals surface area contributed by atoms with Gasteiger partial charge in [0.05, 0.1) is 30.2 Å². The van der Waals surface area contributed by atoms with Gasteiger partial charge in [0.1, 0.15) is 11.5 Å². The summed E-state index contributed by atoms with van der Waals surface area (Å²) >= 11 is 5.82. The van der Waals surface area contributed by atoms with Gasteiger partial charge in [-0.25, -0.2) is 23.4 Å². The number of hydrogen-bond acceptors (Lipinski definition) is 10. The largest absolute Gasteiger partial charge is 0.515 e. The van der Waals surface area contributed by atoms with Gasteiger partial charge in [-0.15, -0.1) is 10.2 Å². The average Bonchev–Trinajstić information content (AvgIpc) is 3.23. The number of aliphatic hydroxyl groups is 1. The van der Waals surface area contributed by atoms with E-state index in [0.29, 0.717) is 22.4 Å². The second kappa shape index (κ2) is 10.6.